The summed E-state index contributed by atoms with van der Waals surface area (Å²) >= 11 is 9.27. The molecule has 1 aromatic rings. The fourth-order valence-corrected chi connectivity index (χ4v) is 2.28. The molecule has 0 heterocycles. The van der Waals surface area contributed by atoms with E-state index in [4.69, 9.17) is 17.3 Å². The van der Waals surface area contributed by atoms with E-state index in [0.29, 0.717) is 10.6 Å². The molecule has 1 saturated carbocycles. The summed E-state index contributed by atoms with van der Waals surface area (Å²) in [6, 6.07) is 5.64. The minimum absolute atomic E-state index is 0.136. The highest BCUT2D eigenvalue weighted by Crippen LogP contribution is 2.23. The van der Waals surface area contributed by atoms with E-state index >= 15 is 0 Å². The van der Waals surface area contributed by atoms with Gasteiger partial charge in [0.05, 0.1) is 10.6 Å². The van der Waals surface area contributed by atoms with Gasteiger partial charge < -0.3 is 11.1 Å². The average Bonchev–Trinajstić information content (AvgIpc) is 2.19. The normalized spacial score (nSPS) is 23.7. The predicted octanol–water partition coefficient (Wildman–Crippen LogP) is 2.32. The summed E-state index contributed by atoms with van der Waals surface area (Å²) in [4.78, 5) is 11.9. The van der Waals surface area contributed by atoms with Crippen LogP contribution in [-0.4, -0.2) is 18.0 Å². The van der Waals surface area contributed by atoms with E-state index in [1.807, 2.05) is 0 Å². The highest BCUT2D eigenvalue weighted by Gasteiger charge is 2.27. The lowest BCUT2D eigenvalue weighted by molar-refractivity contribution is 0.0910. The SMILES string of the molecule is NC1CC(NC(=O)c2cc(Br)ccc2Cl)C1. The molecule has 0 aromatic heterocycles. The van der Waals surface area contributed by atoms with Gasteiger partial charge >= 0.3 is 0 Å². The summed E-state index contributed by atoms with van der Waals surface area (Å²) in [5, 5.41) is 3.37. The molecule has 0 saturated heterocycles. The molecule has 0 radical (unpaired) electrons. The largest absolute Gasteiger partial charge is 0.349 e. The van der Waals surface area contributed by atoms with E-state index < -0.39 is 0 Å². The Morgan fingerprint density at radius 3 is 2.81 bits per heavy atom. The first-order valence-corrected chi connectivity index (χ1v) is 6.25. The number of hydrogen-bond acceptors (Lipinski definition) is 2. The van der Waals surface area contributed by atoms with E-state index in [0.717, 1.165) is 17.3 Å². The molecule has 0 unspecified atom stereocenters. The Labute approximate surface area is 107 Å². The van der Waals surface area contributed by atoms with Gasteiger partial charge in [-0.3, -0.25) is 4.79 Å². The monoisotopic (exact) mass is 302 g/mol. The Hall–Kier alpha value is -0.580. The van der Waals surface area contributed by atoms with Crippen LogP contribution in [0.4, 0.5) is 0 Å². The average molecular weight is 304 g/mol. The molecule has 3 nitrogen and oxygen atoms in total. The molecule has 0 aliphatic heterocycles. The highest BCUT2D eigenvalue weighted by molar-refractivity contribution is 9.10. The van der Waals surface area contributed by atoms with Gasteiger partial charge in [-0.1, -0.05) is 27.5 Å². The molecule has 16 heavy (non-hydrogen) atoms. The van der Waals surface area contributed by atoms with Crippen LogP contribution in [-0.2, 0) is 0 Å². The zero-order chi connectivity index (χ0) is 11.7. The van der Waals surface area contributed by atoms with Crippen LogP contribution in [0.25, 0.3) is 0 Å². The summed E-state index contributed by atoms with van der Waals surface area (Å²) in [5.74, 6) is -0.136. The van der Waals surface area contributed by atoms with Gasteiger partial charge in [0.2, 0.25) is 0 Å². The number of rotatable bonds is 2. The Kier molecular flexibility index (Phi) is 3.52. The molecular weight excluding hydrogens is 291 g/mol. The lowest BCUT2D eigenvalue weighted by Gasteiger charge is -2.33. The third-order valence-corrected chi connectivity index (χ3v) is 3.51. The number of hydrogen-bond donors (Lipinski definition) is 2. The number of amides is 1. The van der Waals surface area contributed by atoms with Crippen molar-refractivity contribution >= 4 is 33.4 Å². The fourth-order valence-electron chi connectivity index (χ4n) is 1.71. The van der Waals surface area contributed by atoms with E-state index in [-0.39, 0.29) is 18.0 Å². The third-order valence-electron chi connectivity index (χ3n) is 2.68. The molecule has 0 atom stereocenters. The van der Waals surface area contributed by atoms with E-state index in [1.54, 1.807) is 18.2 Å². The van der Waals surface area contributed by atoms with Crippen LogP contribution in [0.5, 0.6) is 0 Å². The van der Waals surface area contributed by atoms with Gasteiger partial charge in [0.1, 0.15) is 0 Å². The van der Waals surface area contributed by atoms with Gasteiger partial charge in [0.25, 0.3) is 5.91 Å². The second-order valence-corrected chi connectivity index (χ2v) is 5.35. The van der Waals surface area contributed by atoms with Gasteiger partial charge in [-0.2, -0.15) is 0 Å². The van der Waals surface area contributed by atoms with Crippen LogP contribution in [0.15, 0.2) is 22.7 Å². The summed E-state index contributed by atoms with van der Waals surface area (Å²) in [5.41, 5.74) is 6.15. The minimum Gasteiger partial charge on any atom is -0.349 e. The number of nitrogens with one attached hydrogen (secondary N) is 1. The Bertz CT molecular complexity index is 418. The maximum Gasteiger partial charge on any atom is 0.253 e. The molecule has 1 fully saturated rings. The lowest BCUT2D eigenvalue weighted by atomic mass is 9.87. The summed E-state index contributed by atoms with van der Waals surface area (Å²) < 4.78 is 0.840. The van der Waals surface area contributed by atoms with Crippen LogP contribution < -0.4 is 11.1 Å². The van der Waals surface area contributed by atoms with Crippen LogP contribution in [0.2, 0.25) is 5.02 Å². The van der Waals surface area contributed by atoms with Crippen molar-refractivity contribution in [2.24, 2.45) is 5.73 Å². The van der Waals surface area contributed by atoms with Crippen molar-refractivity contribution in [1.29, 1.82) is 0 Å². The first-order chi connectivity index (χ1) is 7.56. The number of nitrogens with two attached hydrogens (primary N) is 1. The van der Waals surface area contributed by atoms with Crippen molar-refractivity contribution in [2.75, 3.05) is 0 Å². The first kappa shape index (κ1) is 11.9. The lowest BCUT2D eigenvalue weighted by Crippen LogP contribution is -2.50. The number of halogens is 2. The molecule has 1 amide bonds. The first-order valence-electron chi connectivity index (χ1n) is 5.08. The zero-order valence-corrected chi connectivity index (χ0v) is 10.9. The molecular formula is C11H12BrClN2O. The van der Waals surface area contributed by atoms with Crippen molar-refractivity contribution in [3.63, 3.8) is 0 Å². The smallest absolute Gasteiger partial charge is 0.253 e. The van der Waals surface area contributed by atoms with Crippen molar-refractivity contribution in [1.82, 2.24) is 5.32 Å². The molecule has 2 rings (SSSR count). The Morgan fingerprint density at radius 1 is 1.50 bits per heavy atom. The molecule has 1 aromatic carbocycles. The van der Waals surface area contributed by atoms with Gasteiger partial charge in [-0.05, 0) is 31.0 Å². The quantitative estimate of drug-likeness (QED) is 0.881. The van der Waals surface area contributed by atoms with Gasteiger partial charge in [-0.25, -0.2) is 0 Å². The maximum atomic E-state index is 11.9. The molecule has 5 heteroatoms. The zero-order valence-electron chi connectivity index (χ0n) is 8.54. The van der Waals surface area contributed by atoms with Gasteiger partial charge in [-0.15, -0.1) is 0 Å². The standard InChI is InChI=1S/C11H12BrClN2O/c12-6-1-2-10(13)9(3-6)11(16)15-8-4-7(14)5-8/h1-3,7-8H,4-5,14H2,(H,15,16). The van der Waals surface area contributed by atoms with Crippen LogP contribution in [0.3, 0.4) is 0 Å². The molecule has 1 aliphatic carbocycles. The van der Waals surface area contributed by atoms with E-state index in [2.05, 4.69) is 21.2 Å². The molecule has 86 valence electrons. The highest BCUT2D eigenvalue weighted by atomic mass is 79.9. The fraction of sp³-hybridized carbons (Fsp3) is 0.364. The molecule has 0 bridgehead atoms. The van der Waals surface area contributed by atoms with E-state index in [1.165, 1.54) is 0 Å². The van der Waals surface area contributed by atoms with Crippen molar-refractivity contribution in [3.05, 3.63) is 33.3 Å². The summed E-state index contributed by atoms with van der Waals surface area (Å²) in [6.45, 7) is 0. The van der Waals surface area contributed by atoms with Crippen LogP contribution >= 0.6 is 27.5 Å². The number of benzene rings is 1. The number of carbonyl (C=O) groups is 1. The Balaban J connectivity index is 2.05. The predicted molar refractivity (Wildman–Crippen MR) is 67.6 cm³/mol. The second-order valence-electron chi connectivity index (χ2n) is 4.03. The maximum absolute atomic E-state index is 11.9. The summed E-state index contributed by atoms with van der Waals surface area (Å²) in [7, 11) is 0. The van der Waals surface area contributed by atoms with Gasteiger partial charge in [0.15, 0.2) is 0 Å². The van der Waals surface area contributed by atoms with E-state index in [9.17, 15) is 4.79 Å². The van der Waals surface area contributed by atoms with Crippen molar-refractivity contribution in [2.45, 2.75) is 24.9 Å². The van der Waals surface area contributed by atoms with Crippen LogP contribution in [0, 0.1) is 0 Å². The molecule has 3 N–H and O–H groups in total. The number of carbonyl (C=O) groups excluding carboxylic acids is 1. The topological polar surface area (TPSA) is 55.1 Å². The van der Waals surface area contributed by atoms with Crippen molar-refractivity contribution < 1.29 is 4.79 Å². The van der Waals surface area contributed by atoms with Crippen LogP contribution in [0.1, 0.15) is 23.2 Å². The van der Waals surface area contributed by atoms with Gasteiger partial charge in [0, 0.05) is 16.6 Å². The Morgan fingerprint density at radius 2 is 2.19 bits per heavy atom. The second kappa shape index (κ2) is 4.73. The third kappa shape index (κ3) is 2.56. The molecule has 1 aliphatic rings. The van der Waals surface area contributed by atoms with Crippen molar-refractivity contribution in [3.8, 4) is 0 Å². The minimum atomic E-state index is -0.136. The summed E-state index contributed by atoms with van der Waals surface area (Å²) in [6.07, 6.45) is 1.69. The molecule has 0 spiro atoms.